The lowest BCUT2D eigenvalue weighted by molar-refractivity contribution is 0.704. The van der Waals surface area contributed by atoms with Gasteiger partial charge in [-0.3, -0.25) is 4.98 Å². The van der Waals surface area contributed by atoms with E-state index in [1.165, 1.54) is 0 Å². The van der Waals surface area contributed by atoms with Gasteiger partial charge < -0.3 is 11.1 Å². The second-order valence-corrected chi connectivity index (χ2v) is 3.86. The summed E-state index contributed by atoms with van der Waals surface area (Å²) in [7, 11) is 0. The zero-order valence-corrected chi connectivity index (χ0v) is 9.48. The van der Waals surface area contributed by atoms with E-state index in [1.807, 2.05) is 30.5 Å². The van der Waals surface area contributed by atoms with Crippen molar-refractivity contribution in [2.45, 2.75) is 19.4 Å². The number of hydrogen-bond donors (Lipinski definition) is 2. The third-order valence-corrected chi connectivity index (χ3v) is 2.79. The predicted molar refractivity (Wildman–Crippen MR) is 68.5 cm³/mol. The summed E-state index contributed by atoms with van der Waals surface area (Å²) in [6, 6.07) is 10.4. The van der Waals surface area contributed by atoms with Crippen LogP contribution >= 0.6 is 0 Å². The molecule has 16 heavy (non-hydrogen) atoms. The highest BCUT2D eigenvalue weighted by Gasteiger charge is 2.06. The van der Waals surface area contributed by atoms with Crippen molar-refractivity contribution in [1.29, 1.82) is 0 Å². The summed E-state index contributed by atoms with van der Waals surface area (Å²) < 4.78 is 0. The molecule has 3 nitrogen and oxygen atoms in total. The van der Waals surface area contributed by atoms with E-state index in [9.17, 15) is 0 Å². The number of nitrogens with two attached hydrogens (primary N) is 1. The first-order chi connectivity index (χ1) is 7.85. The first kappa shape index (κ1) is 10.9. The topological polar surface area (TPSA) is 50.9 Å². The van der Waals surface area contributed by atoms with Crippen LogP contribution in [0.5, 0.6) is 0 Å². The fraction of sp³-hybridized carbons (Fsp3) is 0.308. The molecule has 3 heteroatoms. The summed E-state index contributed by atoms with van der Waals surface area (Å²) in [5.74, 6) is 0. The number of rotatable bonds is 4. The largest absolute Gasteiger partial charge is 0.380 e. The van der Waals surface area contributed by atoms with Crippen molar-refractivity contribution in [2.24, 2.45) is 5.73 Å². The van der Waals surface area contributed by atoms with Crippen molar-refractivity contribution in [2.75, 3.05) is 11.9 Å². The van der Waals surface area contributed by atoms with Gasteiger partial charge in [0.05, 0.1) is 5.52 Å². The van der Waals surface area contributed by atoms with Crippen LogP contribution in [-0.2, 0) is 0 Å². The Morgan fingerprint density at radius 1 is 1.31 bits per heavy atom. The van der Waals surface area contributed by atoms with Gasteiger partial charge in [0, 0.05) is 29.9 Å². The average Bonchev–Trinajstić information content (AvgIpc) is 2.36. The smallest absolute Gasteiger partial charge is 0.0722 e. The molecular formula is C13H17N3. The Morgan fingerprint density at radius 2 is 2.12 bits per heavy atom. The van der Waals surface area contributed by atoms with E-state index in [-0.39, 0.29) is 0 Å². The van der Waals surface area contributed by atoms with E-state index in [4.69, 9.17) is 5.73 Å². The number of para-hydroxylation sites is 1. The van der Waals surface area contributed by atoms with E-state index >= 15 is 0 Å². The van der Waals surface area contributed by atoms with Crippen LogP contribution in [0.3, 0.4) is 0 Å². The Hall–Kier alpha value is -1.61. The van der Waals surface area contributed by atoms with Gasteiger partial charge in [0.1, 0.15) is 0 Å². The highest BCUT2D eigenvalue weighted by atomic mass is 14.9. The molecule has 0 spiro atoms. The highest BCUT2D eigenvalue weighted by Crippen LogP contribution is 2.21. The summed E-state index contributed by atoms with van der Waals surface area (Å²) in [5.41, 5.74) is 7.82. The summed E-state index contributed by atoms with van der Waals surface area (Å²) in [6.45, 7) is 2.78. The zero-order valence-electron chi connectivity index (χ0n) is 9.48. The molecule has 2 rings (SSSR count). The third kappa shape index (κ3) is 2.14. The van der Waals surface area contributed by atoms with Gasteiger partial charge in [-0.05, 0) is 18.6 Å². The molecule has 1 atom stereocenters. The van der Waals surface area contributed by atoms with E-state index in [1.54, 1.807) is 0 Å². The molecular weight excluding hydrogens is 198 g/mol. The summed E-state index contributed by atoms with van der Waals surface area (Å²) in [4.78, 5) is 4.33. The molecule has 0 aliphatic carbocycles. The van der Waals surface area contributed by atoms with Crippen LogP contribution in [-0.4, -0.2) is 17.6 Å². The molecule has 0 amide bonds. The highest BCUT2D eigenvalue weighted by molar-refractivity contribution is 5.90. The minimum atomic E-state index is 0.325. The average molecular weight is 215 g/mol. The standard InChI is InChI=1S/C13H17N3/c1-2-10(9-14)16-13-7-8-15-12-6-4-3-5-11(12)13/h3-8,10H,2,9,14H2,1H3,(H,15,16). The summed E-state index contributed by atoms with van der Waals surface area (Å²) in [6.07, 6.45) is 2.85. The maximum absolute atomic E-state index is 5.70. The number of fused-ring (bicyclic) bond motifs is 1. The van der Waals surface area contributed by atoms with Gasteiger partial charge in [-0.25, -0.2) is 0 Å². The maximum Gasteiger partial charge on any atom is 0.0722 e. The monoisotopic (exact) mass is 215 g/mol. The lowest BCUT2D eigenvalue weighted by Gasteiger charge is -2.17. The van der Waals surface area contributed by atoms with Gasteiger partial charge in [0.25, 0.3) is 0 Å². The number of nitrogens with one attached hydrogen (secondary N) is 1. The van der Waals surface area contributed by atoms with Crippen molar-refractivity contribution in [3.63, 3.8) is 0 Å². The Bertz CT molecular complexity index is 458. The molecule has 0 fully saturated rings. The third-order valence-electron chi connectivity index (χ3n) is 2.79. The first-order valence-electron chi connectivity index (χ1n) is 5.65. The van der Waals surface area contributed by atoms with Gasteiger partial charge in [-0.2, -0.15) is 0 Å². The van der Waals surface area contributed by atoms with Crippen LogP contribution in [0.25, 0.3) is 10.9 Å². The van der Waals surface area contributed by atoms with Gasteiger partial charge in [-0.1, -0.05) is 25.1 Å². The summed E-state index contributed by atoms with van der Waals surface area (Å²) >= 11 is 0. The van der Waals surface area contributed by atoms with Crippen LogP contribution < -0.4 is 11.1 Å². The van der Waals surface area contributed by atoms with Crippen LogP contribution in [0.1, 0.15) is 13.3 Å². The molecule has 0 aliphatic rings. The van der Waals surface area contributed by atoms with E-state index in [0.29, 0.717) is 12.6 Å². The van der Waals surface area contributed by atoms with E-state index in [0.717, 1.165) is 23.0 Å². The predicted octanol–water partition coefficient (Wildman–Crippen LogP) is 2.38. The number of nitrogens with zero attached hydrogens (tertiary/aromatic N) is 1. The van der Waals surface area contributed by atoms with Crippen molar-refractivity contribution in [3.8, 4) is 0 Å². The van der Waals surface area contributed by atoms with Gasteiger partial charge >= 0.3 is 0 Å². The Labute approximate surface area is 95.7 Å². The van der Waals surface area contributed by atoms with Crippen molar-refractivity contribution < 1.29 is 0 Å². The van der Waals surface area contributed by atoms with Crippen molar-refractivity contribution in [3.05, 3.63) is 36.5 Å². The van der Waals surface area contributed by atoms with Crippen LogP contribution in [0, 0.1) is 0 Å². The molecule has 0 saturated heterocycles. The molecule has 1 aromatic heterocycles. The maximum atomic E-state index is 5.70. The van der Waals surface area contributed by atoms with Crippen molar-refractivity contribution in [1.82, 2.24) is 4.98 Å². The van der Waals surface area contributed by atoms with Crippen molar-refractivity contribution >= 4 is 16.6 Å². The number of pyridine rings is 1. The van der Waals surface area contributed by atoms with E-state index < -0.39 is 0 Å². The van der Waals surface area contributed by atoms with Crippen LogP contribution in [0.4, 0.5) is 5.69 Å². The van der Waals surface area contributed by atoms with Gasteiger partial charge in [-0.15, -0.1) is 0 Å². The molecule has 1 unspecified atom stereocenters. The Morgan fingerprint density at radius 3 is 2.88 bits per heavy atom. The lowest BCUT2D eigenvalue weighted by Crippen LogP contribution is -2.27. The minimum absolute atomic E-state index is 0.325. The van der Waals surface area contributed by atoms with Crippen LogP contribution in [0.2, 0.25) is 0 Å². The minimum Gasteiger partial charge on any atom is -0.380 e. The SMILES string of the molecule is CCC(CN)Nc1ccnc2ccccc12. The number of aromatic nitrogens is 1. The summed E-state index contributed by atoms with van der Waals surface area (Å²) in [5, 5.41) is 4.61. The fourth-order valence-corrected chi connectivity index (χ4v) is 1.77. The second-order valence-electron chi connectivity index (χ2n) is 3.86. The first-order valence-corrected chi connectivity index (χ1v) is 5.65. The quantitative estimate of drug-likeness (QED) is 0.823. The molecule has 3 N–H and O–H groups in total. The number of hydrogen-bond acceptors (Lipinski definition) is 3. The van der Waals surface area contributed by atoms with Crippen LogP contribution in [0.15, 0.2) is 36.5 Å². The normalized spacial score (nSPS) is 12.6. The fourth-order valence-electron chi connectivity index (χ4n) is 1.77. The number of anilines is 1. The molecule has 0 bridgehead atoms. The molecule has 0 radical (unpaired) electrons. The second kappa shape index (κ2) is 4.94. The molecule has 1 aromatic carbocycles. The zero-order chi connectivity index (χ0) is 11.4. The molecule has 2 aromatic rings. The number of benzene rings is 1. The lowest BCUT2D eigenvalue weighted by atomic mass is 10.1. The Kier molecular flexibility index (Phi) is 3.37. The van der Waals surface area contributed by atoms with Gasteiger partial charge in [0.2, 0.25) is 0 Å². The Balaban J connectivity index is 2.36. The molecule has 0 saturated carbocycles. The van der Waals surface area contributed by atoms with E-state index in [2.05, 4.69) is 23.3 Å². The molecule has 0 aliphatic heterocycles. The van der Waals surface area contributed by atoms with Gasteiger partial charge in [0.15, 0.2) is 0 Å². The molecule has 1 heterocycles. The molecule has 84 valence electrons.